The molecule has 0 saturated heterocycles. The number of hydrogen-bond acceptors (Lipinski definition) is 1. The van der Waals surface area contributed by atoms with Gasteiger partial charge in [0.2, 0.25) is 0 Å². The van der Waals surface area contributed by atoms with Crippen molar-refractivity contribution < 1.29 is 14.3 Å². The van der Waals surface area contributed by atoms with Gasteiger partial charge >= 0.3 is 5.97 Å². The minimum Gasteiger partial charge on any atom is -0.478 e. The molecule has 0 spiro atoms. The smallest absolute Gasteiger partial charge is 0.358 e. The number of rotatable bonds is 2. The van der Waals surface area contributed by atoms with Crippen molar-refractivity contribution in [3.63, 3.8) is 0 Å². The largest absolute Gasteiger partial charge is 0.478 e. The standard InChI is InChI=1S/C3H3BrClFO2/c4-1-3(5,6)2(7)8/h1H2,(H,7,8). The van der Waals surface area contributed by atoms with Gasteiger partial charge < -0.3 is 5.11 Å². The number of alkyl halides is 3. The fourth-order valence-electron chi connectivity index (χ4n) is 0.0572. The molecule has 0 aromatic heterocycles. The number of carboxylic acid groups (broad SMARTS) is 1. The van der Waals surface area contributed by atoms with Gasteiger partial charge in [-0.2, -0.15) is 0 Å². The molecule has 0 fully saturated rings. The van der Waals surface area contributed by atoms with E-state index >= 15 is 0 Å². The van der Waals surface area contributed by atoms with Crippen LogP contribution in [0.5, 0.6) is 0 Å². The maximum atomic E-state index is 12.1. The second-order valence-corrected chi connectivity index (χ2v) is 2.30. The summed E-state index contributed by atoms with van der Waals surface area (Å²) in [7, 11) is 0. The Hall–Kier alpha value is 0.170. The highest BCUT2D eigenvalue weighted by Gasteiger charge is 2.34. The summed E-state index contributed by atoms with van der Waals surface area (Å²) in [4.78, 5) is 9.72. The Labute approximate surface area is 58.8 Å². The van der Waals surface area contributed by atoms with Crippen molar-refractivity contribution in [3.8, 4) is 0 Å². The van der Waals surface area contributed by atoms with Gasteiger partial charge in [0.05, 0.1) is 5.33 Å². The van der Waals surface area contributed by atoms with Gasteiger partial charge in [-0.05, 0) is 0 Å². The molecule has 0 amide bonds. The normalized spacial score (nSPS) is 17.4. The lowest BCUT2D eigenvalue weighted by Gasteiger charge is -2.05. The third kappa shape index (κ3) is 1.96. The van der Waals surface area contributed by atoms with Crippen LogP contribution in [-0.4, -0.2) is 21.5 Å². The summed E-state index contributed by atoms with van der Waals surface area (Å²) in [5.74, 6) is -1.67. The summed E-state index contributed by atoms with van der Waals surface area (Å²) >= 11 is 7.33. The quantitative estimate of drug-likeness (QED) is 0.691. The lowest BCUT2D eigenvalue weighted by molar-refractivity contribution is -0.144. The highest BCUT2D eigenvalue weighted by molar-refractivity contribution is 9.09. The van der Waals surface area contributed by atoms with Crippen LogP contribution >= 0.6 is 27.5 Å². The van der Waals surface area contributed by atoms with E-state index in [4.69, 9.17) is 16.7 Å². The predicted molar refractivity (Wildman–Crippen MR) is 31.1 cm³/mol. The van der Waals surface area contributed by atoms with E-state index in [9.17, 15) is 9.18 Å². The number of hydrogen-bond donors (Lipinski definition) is 1. The molecule has 0 heterocycles. The van der Waals surface area contributed by atoms with Crippen LogP contribution in [0.4, 0.5) is 4.39 Å². The van der Waals surface area contributed by atoms with Gasteiger partial charge in [-0.3, -0.25) is 0 Å². The van der Waals surface area contributed by atoms with Crippen LogP contribution in [0, 0.1) is 0 Å². The van der Waals surface area contributed by atoms with Crippen LogP contribution in [0.25, 0.3) is 0 Å². The van der Waals surface area contributed by atoms with Crippen LogP contribution in [0.2, 0.25) is 0 Å². The molecule has 2 nitrogen and oxygen atoms in total. The van der Waals surface area contributed by atoms with Crippen molar-refractivity contribution in [2.45, 2.75) is 5.13 Å². The third-order valence-corrected chi connectivity index (χ3v) is 1.87. The molecule has 1 atom stereocenters. The first-order chi connectivity index (χ1) is 3.50. The van der Waals surface area contributed by atoms with Gasteiger partial charge in [0.1, 0.15) is 0 Å². The van der Waals surface area contributed by atoms with Crippen LogP contribution in [-0.2, 0) is 4.79 Å². The Morgan fingerprint density at radius 2 is 2.38 bits per heavy atom. The molecule has 0 bridgehead atoms. The van der Waals surface area contributed by atoms with Crippen molar-refractivity contribution in [3.05, 3.63) is 0 Å². The first-order valence-electron chi connectivity index (χ1n) is 1.68. The van der Waals surface area contributed by atoms with E-state index in [-0.39, 0.29) is 0 Å². The van der Waals surface area contributed by atoms with Crippen LogP contribution in [0.1, 0.15) is 0 Å². The van der Waals surface area contributed by atoms with E-state index in [1.54, 1.807) is 0 Å². The molecule has 48 valence electrons. The van der Waals surface area contributed by atoms with Crippen LogP contribution in [0.15, 0.2) is 0 Å². The third-order valence-electron chi connectivity index (χ3n) is 0.481. The molecule has 0 aliphatic carbocycles. The maximum absolute atomic E-state index is 12.1. The molecule has 0 saturated carbocycles. The van der Waals surface area contributed by atoms with Crippen molar-refractivity contribution in [1.82, 2.24) is 0 Å². The van der Waals surface area contributed by atoms with Gasteiger partial charge in [-0.15, -0.1) is 0 Å². The highest BCUT2D eigenvalue weighted by atomic mass is 79.9. The zero-order valence-corrected chi connectivity index (χ0v) is 6.04. The number of carbonyl (C=O) groups is 1. The van der Waals surface area contributed by atoms with E-state index in [1.165, 1.54) is 0 Å². The highest BCUT2D eigenvalue weighted by Crippen LogP contribution is 2.19. The molecule has 0 radical (unpaired) electrons. The molecule has 0 rings (SSSR count). The summed E-state index contributed by atoms with van der Waals surface area (Å²) in [6.07, 6.45) is 0. The van der Waals surface area contributed by atoms with Crippen molar-refractivity contribution in [1.29, 1.82) is 0 Å². The van der Waals surface area contributed by atoms with E-state index < -0.39 is 16.4 Å². The number of aliphatic carboxylic acids is 1. The second-order valence-electron chi connectivity index (χ2n) is 1.14. The lowest BCUT2D eigenvalue weighted by atomic mass is 10.4. The van der Waals surface area contributed by atoms with Gasteiger partial charge in [-0.1, -0.05) is 27.5 Å². The lowest BCUT2D eigenvalue weighted by Crippen LogP contribution is -2.28. The fourth-order valence-corrected chi connectivity index (χ4v) is 0.297. The van der Waals surface area contributed by atoms with Gasteiger partial charge in [0.15, 0.2) is 0 Å². The zero-order valence-electron chi connectivity index (χ0n) is 3.70. The Bertz CT molecular complexity index is 105. The molecule has 1 N–H and O–H groups in total. The summed E-state index contributed by atoms with van der Waals surface area (Å²) in [5, 5.41) is 4.85. The zero-order chi connectivity index (χ0) is 6.78. The average Bonchev–Trinajstić information content (AvgIpc) is 1.67. The Morgan fingerprint density at radius 1 is 2.00 bits per heavy atom. The maximum Gasteiger partial charge on any atom is 0.358 e. The van der Waals surface area contributed by atoms with E-state index in [0.717, 1.165) is 0 Å². The van der Waals surface area contributed by atoms with Gasteiger partial charge in [-0.25, -0.2) is 9.18 Å². The molecule has 0 aromatic rings. The molecule has 0 aliphatic heterocycles. The molecule has 1 unspecified atom stereocenters. The molecule has 5 heteroatoms. The second kappa shape index (κ2) is 2.64. The fraction of sp³-hybridized carbons (Fsp3) is 0.667. The molecule has 0 aliphatic rings. The first-order valence-corrected chi connectivity index (χ1v) is 3.18. The van der Waals surface area contributed by atoms with Crippen molar-refractivity contribution in [2.24, 2.45) is 0 Å². The summed E-state index contributed by atoms with van der Waals surface area (Å²) in [6, 6.07) is 0. The van der Waals surface area contributed by atoms with Crippen LogP contribution < -0.4 is 0 Å². The van der Waals surface area contributed by atoms with E-state index in [2.05, 4.69) is 15.9 Å². The Kier molecular flexibility index (Phi) is 2.70. The van der Waals surface area contributed by atoms with E-state index in [0.29, 0.717) is 0 Å². The average molecular weight is 205 g/mol. The van der Waals surface area contributed by atoms with Crippen LogP contribution in [0.3, 0.4) is 0 Å². The number of carboxylic acids is 1. The topological polar surface area (TPSA) is 37.3 Å². The predicted octanol–water partition coefficient (Wildman–Crippen LogP) is 1.37. The number of halogens is 3. The van der Waals surface area contributed by atoms with Gasteiger partial charge in [0, 0.05) is 0 Å². The van der Waals surface area contributed by atoms with E-state index in [1.807, 2.05) is 0 Å². The van der Waals surface area contributed by atoms with Crippen molar-refractivity contribution in [2.75, 3.05) is 5.33 Å². The van der Waals surface area contributed by atoms with Crippen molar-refractivity contribution >= 4 is 33.5 Å². The summed E-state index contributed by atoms with van der Waals surface area (Å²) in [5.41, 5.74) is 0. The monoisotopic (exact) mass is 204 g/mol. The Morgan fingerprint density at radius 3 is 2.38 bits per heavy atom. The summed E-state index contributed by atoms with van der Waals surface area (Å²) in [6.45, 7) is 0. The minimum absolute atomic E-state index is 0.406. The van der Waals surface area contributed by atoms with Gasteiger partial charge in [0.25, 0.3) is 5.13 Å². The molecular weight excluding hydrogens is 202 g/mol. The summed E-state index contributed by atoms with van der Waals surface area (Å²) < 4.78 is 12.1. The molecule has 0 aromatic carbocycles. The minimum atomic E-state index is -2.65. The first kappa shape index (κ1) is 8.17. The SMILES string of the molecule is O=C(O)C(F)(Cl)CBr. The molecular formula is C3H3BrClFO2. The molecule has 8 heavy (non-hydrogen) atoms. The Balaban J connectivity index is 3.91.